The number of nitrogens with one attached hydrogen (secondary N) is 1. The first-order valence-corrected chi connectivity index (χ1v) is 8.43. The van der Waals surface area contributed by atoms with E-state index in [1.807, 2.05) is 12.1 Å². The van der Waals surface area contributed by atoms with Crippen LogP contribution in [-0.4, -0.2) is 33.2 Å². The molecular formula is C17H21N2O3S+. The van der Waals surface area contributed by atoms with Gasteiger partial charge in [-0.05, 0) is 29.1 Å². The zero-order valence-corrected chi connectivity index (χ0v) is 14.1. The number of quaternary nitrogens is 1. The Morgan fingerprint density at radius 3 is 2.70 bits per heavy atom. The van der Waals surface area contributed by atoms with Gasteiger partial charge in [0, 0.05) is 12.0 Å². The minimum Gasteiger partial charge on any atom is -0.493 e. The van der Waals surface area contributed by atoms with Gasteiger partial charge in [-0.3, -0.25) is 4.79 Å². The molecule has 2 aromatic rings. The van der Waals surface area contributed by atoms with Gasteiger partial charge in [0.1, 0.15) is 6.04 Å². The van der Waals surface area contributed by atoms with Crippen LogP contribution in [0.2, 0.25) is 0 Å². The highest BCUT2D eigenvalue weighted by Gasteiger charge is 2.35. The third-order valence-corrected chi connectivity index (χ3v) is 5.25. The quantitative estimate of drug-likeness (QED) is 0.850. The lowest BCUT2D eigenvalue weighted by Gasteiger charge is -2.33. The van der Waals surface area contributed by atoms with Crippen molar-refractivity contribution in [3.05, 3.63) is 45.6 Å². The molecule has 6 heteroatoms. The molecule has 1 amide bonds. The molecule has 3 N–H and O–H groups in total. The van der Waals surface area contributed by atoms with Crippen LogP contribution >= 0.6 is 11.3 Å². The number of carbonyl (C=O) groups is 1. The number of primary amides is 1. The van der Waals surface area contributed by atoms with E-state index < -0.39 is 0 Å². The van der Waals surface area contributed by atoms with Gasteiger partial charge in [-0.2, -0.15) is 0 Å². The monoisotopic (exact) mass is 333 g/mol. The Labute approximate surface area is 139 Å². The molecule has 23 heavy (non-hydrogen) atoms. The Morgan fingerprint density at radius 2 is 2.09 bits per heavy atom. The first kappa shape index (κ1) is 15.8. The summed E-state index contributed by atoms with van der Waals surface area (Å²) in [5.74, 6) is 1.19. The third kappa shape index (κ3) is 3.04. The van der Waals surface area contributed by atoms with Gasteiger partial charge >= 0.3 is 0 Å². The summed E-state index contributed by atoms with van der Waals surface area (Å²) in [6, 6.07) is 8.35. The van der Waals surface area contributed by atoms with Crippen molar-refractivity contribution in [2.75, 3.05) is 27.3 Å². The minimum absolute atomic E-state index is 0.103. The number of nitrogens with two attached hydrogens (primary N) is 1. The molecule has 1 aromatic heterocycles. The lowest BCUT2D eigenvalue weighted by atomic mass is 9.91. The predicted molar refractivity (Wildman–Crippen MR) is 89.3 cm³/mol. The van der Waals surface area contributed by atoms with E-state index in [-0.39, 0.29) is 11.9 Å². The molecule has 5 nitrogen and oxygen atoms in total. The van der Waals surface area contributed by atoms with E-state index in [1.54, 1.807) is 25.6 Å². The first-order valence-electron chi connectivity index (χ1n) is 7.55. The molecule has 2 atom stereocenters. The number of benzene rings is 1. The Balaban J connectivity index is 2.10. The summed E-state index contributed by atoms with van der Waals surface area (Å²) in [6.45, 7) is 1.20. The SMILES string of the molecule is COc1cc2c(cc1OC)[C@@H](c1cccs1)[NH+](CC(N)=O)CC2. The number of rotatable bonds is 5. The first-order chi connectivity index (χ1) is 11.1. The molecule has 2 heterocycles. The Kier molecular flexibility index (Phi) is 4.54. The fraction of sp³-hybridized carbons (Fsp3) is 0.353. The van der Waals surface area contributed by atoms with Crippen molar-refractivity contribution in [3.63, 3.8) is 0 Å². The van der Waals surface area contributed by atoms with Gasteiger partial charge in [0.15, 0.2) is 18.0 Å². The number of hydrogen-bond acceptors (Lipinski definition) is 4. The van der Waals surface area contributed by atoms with Gasteiger partial charge in [-0.1, -0.05) is 6.07 Å². The third-order valence-electron chi connectivity index (χ3n) is 4.31. The number of carbonyl (C=O) groups excluding carboxylic acids is 1. The van der Waals surface area contributed by atoms with Gasteiger partial charge in [0.05, 0.1) is 25.6 Å². The van der Waals surface area contributed by atoms with Crippen LogP contribution in [0.3, 0.4) is 0 Å². The predicted octanol–water partition coefficient (Wildman–Crippen LogP) is 0.781. The van der Waals surface area contributed by atoms with Crippen LogP contribution in [0.15, 0.2) is 29.6 Å². The number of fused-ring (bicyclic) bond motifs is 1. The normalized spacial score (nSPS) is 19.9. The Bertz CT molecular complexity index is 700. The molecule has 0 aliphatic carbocycles. The average Bonchev–Trinajstić information content (AvgIpc) is 3.06. The van der Waals surface area contributed by atoms with E-state index in [2.05, 4.69) is 17.5 Å². The van der Waals surface area contributed by atoms with Gasteiger partial charge in [-0.15, -0.1) is 11.3 Å². The molecule has 0 saturated carbocycles. The maximum atomic E-state index is 11.5. The number of thiophene rings is 1. The highest BCUT2D eigenvalue weighted by molar-refractivity contribution is 7.10. The lowest BCUT2D eigenvalue weighted by molar-refractivity contribution is -0.919. The highest BCUT2D eigenvalue weighted by atomic mass is 32.1. The molecule has 1 unspecified atom stereocenters. The molecule has 1 aliphatic heterocycles. The Morgan fingerprint density at radius 1 is 1.35 bits per heavy atom. The van der Waals surface area contributed by atoms with Crippen LogP contribution in [0.4, 0.5) is 0 Å². The zero-order chi connectivity index (χ0) is 16.4. The van der Waals surface area contributed by atoms with Crippen LogP contribution in [0.5, 0.6) is 11.5 Å². The summed E-state index contributed by atoms with van der Waals surface area (Å²) in [4.78, 5) is 13.9. The van der Waals surface area contributed by atoms with Gasteiger partial charge in [0.2, 0.25) is 0 Å². The van der Waals surface area contributed by atoms with Gasteiger partial charge in [0.25, 0.3) is 5.91 Å². The van der Waals surface area contributed by atoms with Gasteiger partial charge in [-0.25, -0.2) is 0 Å². The van der Waals surface area contributed by atoms with E-state index in [9.17, 15) is 4.79 Å². The minimum atomic E-state index is -0.273. The largest absolute Gasteiger partial charge is 0.493 e. The van der Waals surface area contributed by atoms with Crippen LogP contribution in [0.1, 0.15) is 22.0 Å². The molecule has 1 aromatic carbocycles. The number of hydrogen-bond donors (Lipinski definition) is 2. The topological polar surface area (TPSA) is 66.0 Å². The second-order valence-electron chi connectivity index (χ2n) is 5.66. The van der Waals surface area contributed by atoms with Crippen molar-refractivity contribution >= 4 is 17.2 Å². The fourth-order valence-electron chi connectivity index (χ4n) is 3.31. The van der Waals surface area contributed by atoms with E-state index in [4.69, 9.17) is 15.2 Å². The van der Waals surface area contributed by atoms with E-state index in [0.717, 1.165) is 18.7 Å². The van der Waals surface area contributed by atoms with Gasteiger partial charge < -0.3 is 20.1 Å². The van der Waals surface area contributed by atoms with Crippen molar-refractivity contribution in [2.24, 2.45) is 5.73 Å². The Hall–Kier alpha value is -2.05. The number of methoxy groups -OCH3 is 2. The summed E-state index contributed by atoms with van der Waals surface area (Å²) in [5, 5.41) is 2.06. The summed E-state index contributed by atoms with van der Waals surface area (Å²) >= 11 is 1.70. The number of amides is 1. The van der Waals surface area contributed by atoms with Crippen molar-refractivity contribution in [3.8, 4) is 11.5 Å². The van der Waals surface area contributed by atoms with Crippen LogP contribution < -0.4 is 20.1 Å². The molecular weight excluding hydrogens is 312 g/mol. The van der Waals surface area contributed by atoms with Crippen molar-refractivity contribution in [1.82, 2.24) is 0 Å². The molecule has 0 bridgehead atoms. The van der Waals surface area contributed by atoms with E-state index in [0.29, 0.717) is 12.3 Å². The van der Waals surface area contributed by atoms with Crippen LogP contribution in [0.25, 0.3) is 0 Å². The van der Waals surface area contributed by atoms with Crippen molar-refractivity contribution in [1.29, 1.82) is 0 Å². The van der Waals surface area contributed by atoms with Crippen LogP contribution in [0, 0.1) is 0 Å². The molecule has 122 valence electrons. The highest BCUT2D eigenvalue weighted by Crippen LogP contribution is 2.36. The van der Waals surface area contributed by atoms with Crippen LogP contribution in [-0.2, 0) is 11.2 Å². The molecule has 0 spiro atoms. The molecule has 3 rings (SSSR count). The summed E-state index contributed by atoms with van der Waals surface area (Å²) in [5.41, 5.74) is 7.89. The molecule has 0 radical (unpaired) electrons. The van der Waals surface area contributed by atoms with Crippen molar-refractivity contribution < 1.29 is 19.2 Å². The molecule has 0 saturated heterocycles. The lowest BCUT2D eigenvalue weighted by Crippen LogP contribution is -3.14. The summed E-state index contributed by atoms with van der Waals surface area (Å²) in [7, 11) is 3.29. The average molecular weight is 333 g/mol. The maximum Gasteiger partial charge on any atom is 0.272 e. The molecule has 0 fully saturated rings. The summed E-state index contributed by atoms with van der Waals surface area (Å²) in [6.07, 6.45) is 0.889. The second kappa shape index (κ2) is 6.60. The maximum absolute atomic E-state index is 11.5. The molecule has 1 aliphatic rings. The van der Waals surface area contributed by atoms with Crippen molar-refractivity contribution in [2.45, 2.75) is 12.5 Å². The summed E-state index contributed by atoms with van der Waals surface area (Å²) < 4.78 is 10.9. The van der Waals surface area contributed by atoms with E-state index in [1.165, 1.54) is 20.9 Å². The zero-order valence-electron chi connectivity index (χ0n) is 13.3. The smallest absolute Gasteiger partial charge is 0.272 e. The second-order valence-corrected chi connectivity index (χ2v) is 6.64. The number of ether oxygens (including phenoxy) is 2. The standard InChI is InChI=1S/C17H20N2O3S/c1-21-13-8-11-5-6-19(10-16(18)20)17(15-4-3-7-23-15)12(11)9-14(13)22-2/h3-4,7-9,17H,5-6,10H2,1-2H3,(H2,18,20)/p+1/t17-/m0/s1. The van der Waals surface area contributed by atoms with E-state index >= 15 is 0 Å². The fourth-order valence-corrected chi connectivity index (χ4v) is 4.21.